The topological polar surface area (TPSA) is 40.5 Å². The number of nitrogens with zero attached hydrogens (tertiary/aromatic N) is 1. The Morgan fingerprint density at radius 3 is 1.89 bits per heavy atom. The molecule has 3 nitrogen and oxygen atoms in total. The molecule has 9 heavy (non-hydrogen) atoms. The smallest absolute Gasteiger partial charge is 0.317 e. The molecule has 0 aromatic rings. The summed E-state index contributed by atoms with van der Waals surface area (Å²) >= 11 is 0. The molecule has 0 aromatic heterocycles. The van der Waals surface area contributed by atoms with E-state index in [1.54, 1.807) is 19.0 Å². The number of likely N-dealkylation sites (N-methyl/N-ethyl adjacent to an activating group) is 1. The number of carboxylic acids is 1. The number of halogens is 1. The Morgan fingerprint density at radius 1 is 1.56 bits per heavy atom. The maximum absolute atomic E-state index is 9.77. The molecular weight excluding hydrogens is 152 g/mol. The van der Waals surface area contributed by atoms with E-state index in [-0.39, 0.29) is 48.5 Å². The third kappa shape index (κ3) is 17.7. The van der Waals surface area contributed by atoms with E-state index in [0.717, 1.165) is 0 Å². The second-order valence-electron chi connectivity index (χ2n) is 1.63. The molecule has 5 heteroatoms. The Bertz CT molecular complexity index is 79.0. The van der Waals surface area contributed by atoms with E-state index < -0.39 is 5.97 Å². The van der Waals surface area contributed by atoms with Gasteiger partial charge in [-0.1, -0.05) is 0 Å². The third-order valence-corrected chi connectivity index (χ3v) is 0.451. The van der Waals surface area contributed by atoms with Crippen molar-refractivity contribution in [1.82, 2.24) is 4.90 Å². The predicted molar refractivity (Wildman–Crippen MR) is 39.2 cm³/mol. The van der Waals surface area contributed by atoms with E-state index >= 15 is 0 Å². The molecule has 0 aliphatic heterocycles. The van der Waals surface area contributed by atoms with Crippen LogP contribution in [0.2, 0.25) is 0 Å². The summed E-state index contributed by atoms with van der Waals surface area (Å²) in [7, 11) is 3.43. The van der Waals surface area contributed by atoms with Crippen LogP contribution in [-0.2, 0) is 4.79 Å². The number of carbonyl (C=O) groups is 1. The van der Waals surface area contributed by atoms with Crippen molar-refractivity contribution >= 4 is 47.9 Å². The van der Waals surface area contributed by atoms with Gasteiger partial charge in [0.25, 0.3) is 0 Å². The molecule has 0 fully saturated rings. The van der Waals surface area contributed by atoms with Gasteiger partial charge in [-0.3, -0.25) is 9.69 Å². The van der Waals surface area contributed by atoms with Crippen LogP contribution in [0.3, 0.4) is 0 Å². The largest absolute Gasteiger partial charge is 0.480 e. The van der Waals surface area contributed by atoms with E-state index in [1.165, 1.54) is 0 Å². The van der Waals surface area contributed by atoms with Crippen molar-refractivity contribution in [3.8, 4) is 0 Å². The van der Waals surface area contributed by atoms with Crippen molar-refractivity contribution in [3.05, 3.63) is 0 Å². The third-order valence-electron chi connectivity index (χ3n) is 0.451. The zero-order valence-electron chi connectivity index (χ0n) is 5.92. The summed E-state index contributed by atoms with van der Waals surface area (Å²) in [4.78, 5) is 11.4. The first kappa shape index (κ1) is 16.4. The van der Waals surface area contributed by atoms with E-state index in [2.05, 4.69) is 0 Å². The van der Waals surface area contributed by atoms with E-state index in [0.29, 0.717) is 0 Å². The van der Waals surface area contributed by atoms with Gasteiger partial charge < -0.3 is 5.11 Å². The maximum Gasteiger partial charge on any atom is 0.317 e. The van der Waals surface area contributed by atoms with Gasteiger partial charge in [-0.05, 0) is 14.1 Å². The molecule has 0 aliphatic carbocycles. The van der Waals surface area contributed by atoms with Crippen molar-refractivity contribution in [2.45, 2.75) is 0 Å². The van der Waals surface area contributed by atoms with Gasteiger partial charge in [0.15, 0.2) is 0 Å². The number of hydrogen-bond acceptors (Lipinski definition) is 2. The summed E-state index contributed by atoms with van der Waals surface area (Å²) < 4.78 is 0. The SMILES string of the molecule is CN(C)CC(=O)O.Cl.[Na]. The molecule has 0 heterocycles. The summed E-state index contributed by atoms with van der Waals surface area (Å²) in [5.74, 6) is -0.787. The van der Waals surface area contributed by atoms with Crippen LogP contribution in [-0.4, -0.2) is 66.2 Å². The van der Waals surface area contributed by atoms with Gasteiger partial charge in [-0.2, -0.15) is 0 Å². The van der Waals surface area contributed by atoms with Crippen LogP contribution in [0, 0.1) is 0 Å². The average Bonchev–Trinajstić information content (AvgIpc) is 1.27. The molecule has 0 aliphatic rings. The van der Waals surface area contributed by atoms with Crippen molar-refractivity contribution in [2.75, 3.05) is 20.6 Å². The van der Waals surface area contributed by atoms with Crippen molar-refractivity contribution in [1.29, 1.82) is 0 Å². The van der Waals surface area contributed by atoms with Gasteiger partial charge in [0.05, 0.1) is 6.54 Å². The quantitative estimate of drug-likeness (QED) is 0.566. The van der Waals surface area contributed by atoms with Gasteiger partial charge in [0.1, 0.15) is 0 Å². The minimum atomic E-state index is -0.787. The second-order valence-corrected chi connectivity index (χ2v) is 1.63. The maximum atomic E-state index is 9.77. The number of aliphatic carboxylic acids is 1. The van der Waals surface area contributed by atoms with Crippen LogP contribution in [0.4, 0.5) is 0 Å². The van der Waals surface area contributed by atoms with E-state index in [1.807, 2.05) is 0 Å². The predicted octanol–water partition coefficient (Wildman–Crippen LogP) is -0.326. The summed E-state index contributed by atoms with van der Waals surface area (Å²) in [6.07, 6.45) is 0. The van der Waals surface area contributed by atoms with Crippen LogP contribution in [0.15, 0.2) is 0 Å². The first-order valence-electron chi connectivity index (χ1n) is 1.99. The van der Waals surface area contributed by atoms with Gasteiger partial charge in [-0.15, -0.1) is 12.4 Å². The molecule has 0 rings (SSSR count). The summed E-state index contributed by atoms with van der Waals surface area (Å²) in [5.41, 5.74) is 0. The molecule has 0 atom stereocenters. The standard InChI is InChI=1S/C4H9NO2.ClH.Na/c1-5(2)3-4(6)7;;/h3H2,1-2H3,(H,6,7);1H;. The summed E-state index contributed by atoms with van der Waals surface area (Å²) in [6.45, 7) is 0.111. The van der Waals surface area contributed by atoms with Gasteiger partial charge in [0, 0.05) is 29.6 Å². The molecule has 0 unspecified atom stereocenters. The van der Waals surface area contributed by atoms with Crippen LogP contribution < -0.4 is 0 Å². The van der Waals surface area contributed by atoms with Crippen molar-refractivity contribution < 1.29 is 9.90 Å². The van der Waals surface area contributed by atoms with Crippen molar-refractivity contribution in [2.24, 2.45) is 0 Å². The van der Waals surface area contributed by atoms with Gasteiger partial charge in [0.2, 0.25) is 0 Å². The van der Waals surface area contributed by atoms with Gasteiger partial charge >= 0.3 is 5.97 Å². The zero-order valence-corrected chi connectivity index (χ0v) is 8.73. The monoisotopic (exact) mass is 162 g/mol. The van der Waals surface area contributed by atoms with Crippen LogP contribution >= 0.6 is 12.4 Å². The molecule has 0 saturated carbocycles. The number of hydrogen-bond donors (Lipinski definition) is 1. The zero-order chi connectivity index (χ0) is 5.86. The molecule has 0 bridgehead atoms. The molecule has 0 amide bonds. The second kappa shape index (κ2) is 8.72. The number of carboxylic acid groups (broad SMARTS) is 1. The van der Waals surface area contributed by atoms with Crippen molar-refractivity contribution in [3.63, 3.8) is 0 Å². The molecular formula is C4H10ClNNaO2. The fraction of sp³-hybridized carbons (Fsp3) is 0.750. The molecule has 0 spiro atoms. The Balaban J connectivity index is -0.000000180. The van der Waals surface area contributed by atoms with E-state index in [9.17, 15) is 4.79 Å². The minimum Gasteiger partial charge on any atom is -0.480 e. The molecule has 1 radical (unpaired) electrons. The fourth-order valence-electron chi connectivity index (χ4n) is 0.271. The van der Waals surface area contributed by atoms with Crippen LogP contribution in [0.25, 0.3) is 0 Å². The Kier molecular flexibility index (Phi) is 15.9. The van der Waals surface area contributed by atoms with Crippen LogP contribution in [0.1, 0.15) is 0 Å². The van der Waals surface area contributed by atoms with Gasteiger partial charge in [-0.25, -0.2) is 0 Å². The molecule has 1 N–H and O–H groups in total. The minimum absolute atomic E-state index is 0. The Morgan fingerprint density at radius 2 is 1.89 bits per heavy atom. The molecule has 0 aromatic carbocycles. The summed E-state index contributed by atoms with van der Waals surface area (Å²) in [6, 6.07) is 0. The first-order chi connectivity index (χ1) is 3.13. The Labute approximate surface area is 83.1 Å². The van der Waals surface area contributed by atoms with E-state index in [4.69, 9.17) is 5.11 Å². The summed E-state index contributed by atoms with van der Waals surface area (Å²) in [5, 5.41) is 8.04. The first-order valence-corrected chi connectivity index (χ1v) is 1.99. The number of rotatable bonds is 2. The Hall–Kier alpha value is 0.720. The average molecular weight is 163 g/mol. The fourth-order valence-corrected chi connectivity index (χ4v) is 0.271. The molecule has 0 saturated heterocycles. The van der Waals surface area contributed by atoms with Crippen LogP contribution in [0.5, 0.6) is 0 Å². The normalized spacial score (nSPS) is 7.44. The molecule has 51 valence electrons.